The molecule has 8 heteroatoms. The molecule has 3 aromatic rings. The zero-order valence-corrected chi connectivity index (χ0v) is 14.8. The summed E-state index contributed by atoms with van der Waals surface area (Å²) in [5.74, 6) is 0.130. The molecule has 2 aromatic carbocycles. The van der Waals surface area contributed by atoms with Crippen LogP contribution in [0.25, 0.3) is 11.4 Å². The van der Waals surface area contributed by atoms with Crippen LogP contribution < -0.4 is 5.32 Å². The Morgan fingerprint density at radius 2 is 1.85 bits per heavy atom. The molecule has 1 heterocycles. The molecule has 26 heavy (non-hydrogen) atoms. The minimum Gasteiger partial charge on any atom is -0.352 e. The lowest BCUT2D eigenvalue weighted by Gasteiger charge is -2.04. The van der Waals surface area contributed by atoms with Crippen LogP contribution in [0.2, 0.25) is 5.02 Å². The molecule has 0 aliphatic heterocycles. The van der Waals surface area contributed by atoms with E-state index in [4.69, 9.17) is 11.6 Å². The number of ketones is 1. The van der Waals surface area contributed by atoms with Crippen LogP contribution in [0.1, 0.15) is 22.8 Å². The summed E-state index contributed by atoms with van der Waals surface area (Å²) in [5.41, 5.74) is 2.11. The summed E-state index contributed by atoms with van der Waals surface area (Å²) in [6.07, 6.45) is 0. The zero-order valence-electron chi connectivity index (χ0n) is 14.0. The molecule has 132 valence electrons. The van der Waals surface area contributed by atoms with Gasteiger partial charge in [-0.1, -0.05) is 48.0 Å². The summed E-state index contributed by atoms with van der Waals surface area (Å²) in [6, 6.07) is 14.2. The largest absolute Gasteiger partial charge is 0.352 e. The molecule has 0 spiro atoms. The highest BCUT2D eigenvalue weighted by Gasteiger charge is 2.13. The summed E-state index contributed by atoms with van der Waals surface area (Å²) in [4.78, 5) is 24.5. The monoisotopic (exact) mass is 369 g/mol. The quantitative estimate of drug-likeness (QED) is 0.674. The van der Waals surface area contributed by atoms with E-state index in [1.807, 2.05) is 12.1 Å². The minimum absolute atomic E-state index is 0.0253. The molecule has 0 bridgehead atoms. The number of tetrazole rings is 1. The first-order valence-corrected chi connectivity index (χ1v) is 8.30. The number of amides is 1. The third kappa shape index (κ3) is 4.31. The van der Waals surface area contributed by atoms with Gasteiger partial charge in [-0.25, -0.2) is 0 Å². The molecule has 7 nitrogen and oxygen atoms in total. The number of aromatic nitrogens is 4. The van der Waals surface area contributed by atoms with Crippen LogP contribution >= 0.6 is 11.6 Å². The van der Waals surface area contributed by atoms with E-state index in [0.717, 1.165) is 5.56 Å². The highest BCUT2D eigenvalue weighted by atomic mass is 35.5. The molecule has 0 atom stereocenters. The summed E-state index contributed by atoms with van der Waals surface area (Å²) in [5, 5.41) is 15.3. The Morgan fingerprint density at radius 3 is 2.54 bits per heavy atom. The number of rotatable bonds is 6. The molecular weight excluding hydrogens is 354 g/mol. The average Bonchev–Trinajstić information content (AvgIpc) is 3.09. The lowest BCUT2D eigenvalue weighted by atomic mass is 10.1. The fraction of sp³-hybridized carbons (Fsp3) is 0.167. The van der Waals surface area contributed by atoms with Crippen molar-refractivity contribution in [2.24, 2.45) is 0 Å². The van der Waals surface area contributed by atoms with E-state index in [1.54, 1.807) is 36.4 Å². The van der Waals surface area contributed by atoms with E-state index in [2.05, 4.69) is 20.7 Å². The van der Waals surface area contributed by atoms with E-state index < -0.39 is 0 Å². The Labute approximate surface area is 155 Å². The maximum atomic E-state index is 12.4. The van der Waals surface area contributed by atoms with Gasteiger partial charge in [-0.2, -0.15) is 4.80 Å². The Morgan fingerprint density at radius 1 is 1.12 bits per heavy atom. The van der Waals surface area contributed by atoms with Crippen molar-refractivity contribution in [3.05, 3.63) is 64.7 Å². The zero-order chi connectivity index (χ0) is 18.5. The second kappa shape index (κ2) is 7.88. The highest BCUT2D eigenvalue weighted by Crippen LogP contribution is 2.23. The van der Waals surface area contributed by atoms with Crippen LogP contribution in [0.5, 0.6) is 0 Å². The summed E-state index contributed by atoms with van der Waals surface area (Å²) in [6.45, 7) is 1.86. The van der Waals surface area contributed by atoms with Crippen LogP contribution in [-0.4, -0.2) is 31.9 Å². The van der Waals surface area contributed by atoms with Crippen molar-refractivity contribution >= 4 is 23.3 Å². The third-order valence-electron chi connectivity index (χ3n) is 3.67. The smallest absolute Gasteiger partial charge is 0.217 e. The number of carbonyl (C=O) groups is 2. The van der Waals surface area contributed by atoms with E-state index >= 15 is 0 Å². The van der Waals surface area contributed by atoms with Crippen molar-refractivity contribution in [3.63, 3.8) is 0 Å². The lowest BCUT2D eigenvalue weighted by Crippen LogP contribution is -2.19. The van der Waals surface area contributed by atoms with Crippen molar-refractivity contribution in [2.45, 2.75) is 20.0 Å². The summed E-state index contributed by atoms with van der Waals surface area (Å²) >= 11 is 6.12. The van der Waals surface area contributed by atoms with Crippen molar-refractivity contribution in [1.82, 2.24) is 25.5 Å². The van der Waals surface area contributed by atoms with E-state index in [1.165, 1.54) is 11.7 Å². The standard InChI is InChI=1S/C18H16ClN5O2/c1-12(25)20-10-13-6-8-14(9-7-13)17(26)11-24-22-18(21-23-24)15-4-2-3-5-16(15)19/h2-9H,10-11H2,1H3,(H,20,25). The SMILES string of the molecule is CC(=O)NCc1ccc(C(=O)Cn2nnc(-c3ccccc3Cl)n2)cc1. The number of benzene rings is 2. The van der Waals surface area contributed by atoms with Crippen molar-refractivity contribution in [2.75, 3.05) is 0 Å². The van der Waals surface area contributed by atoms with Gasteiger partial charge in [0.25, 0.3) is 0 Å². The molecule has 1 amide bonds. The van der Waals surface area contributed by atoms with Crippen LogP contribution in [-0.2, 0) is 17.9 Å². The predicted octanol–water partition coefficient (Wildman–Crippen LogP) is 2.51. The number of carbonyl (C=O) groups excluding carboxylic acids is 2. The topological polar surface area (TPSA) is 89.8 Å². The van der Waals surface area contributed by atoms with Gasteiger partial charge < -0.3 is 5.32 Å². The van der Waals surface area contributed by atoms with Gasteiger partial charge in [-0.05, 0) is 22.9 Å². The van der Waals surface area contributed by atoms with Gasteiger partial charge in [0.05, 0.1) is 5.02 Å². The van der Waals surface area contributed by atoms with Gasteiger partial charge in [0.2, 0.25) is 11.7 Å². The minimum atomic E-state index is -0.140. The second-order valence-corrected chi connectivity index (χ2v) is 6.06. The first-order valence-electron chi connectivity index (χ1n) is 7.92. The first kappa shape index (κ1) is 17.8. The van der Waals surface area contributed by atoms with E-state index in [0.29, 0.717) is 28.5 Å². The molecule has 1 aromatic heterocycles. The van der Waals surface area contributed by atoms with E-state index in [-0.39, 0.29) is 18.2 Å². The van der Waals surface area contributed by atoms with Crippen molar-refractivity contribution < 1.29 is 9.59 Å². The average molecular weight is 370 g/mol. The molecule has 3 rings (SSSR count). The fourth-order valence-corrected chi connectivity index (χ4v) is 2.54. The molecular formula is C18H16ClN5O2. The van der Waals surface area contributed by atoms with Gasteiger partial charge in [-0.3, -0.25) is 9.59 Å². The van der Waals surface area contributed by atoms with E-state index in [9.17, 15) is 9.59 Å². The normalized spacial score (nSPS) is 10.5. The molecule has 0 fully saturated rings. The number of nitrogens with one attached hydrogen (secondary N) is 1. The van der Waals surface area contributed by atoms with Gasteiger partial charge >= 0.3 is 0 Å². The Hall–Kier alpha value is -3.06. The van der Waals surface area contributed by atoms with Crippen LogP contribution in [0.4, 0.5) is 0 Å². The number of hydrogen-bond donors (Lipinski definition) is 1. The Balaban J connectivity index is 1.67. The lowest BCUT2D eigenvalue weighted by molar-refractivity contribution is -0.119. The van der Waals surface area contributed by atoms with Crippen LogP contribution in [0.15, 0.2) is 48.5 Å². The molecule has 0 aliphatic rings. The van der Waals surface area contributed by atoms with Gasteiger partial charge in [0, 0.05) is 24.6 Å². The maximum absolute atomic E-state index is 12.4. The second-order valence-electron chi connectivity index (χ2n) is 5.65. The predicted molar refractivity (Wildman–Crippen MR) is 96.6 cm³/mol. The van der Waals surface area contributed by atoms with Crippen molar-refractivity contribution in [3.8, 4) is 11.4 Å². The summed E-state index contributed by atoms with van der Waals surface area (Å²) in [7, 11) is 0. The van der Waals surface area contributed by atoms with Crippen LogP contribution in [0.3, 0.4) is 0 Å². The molecule has 0 saturated heterocycles. The summed E-state index contributed by atoms with van der Waals surface area (Å²) < 4.78 is 0. The maximum Gasteiger partial charge on any atom is 0.217 e. The number of halogens is 1. The molecule has 0 aliphatic carbocycles. The highest BCUT2D eigenvalue weighted by molar-refractivity contribution is 6.33. The number of nitrogens with zero attached hydrogens (tertiary/aromatic N) is 4. The number of Topliss-reactive ketones (excluding diaryl/α,β-unsaturated/α-hetero) is 1. The fourth-order valence-electron chi connectivity index (χ4n) is 2.32. The Kier molecular flexibility index (Phi) is 5.38. The van der Waals surface area contributed by atoms with Gasteiger partial charge in [-0.15, -0.1) is 10.2 Å². The molecule has 0 unspecified atom stereocenters. The number of hydrogen-bond acceptors (Lipinski definition) is 5. The molecule has 0 saturated carbocycles. The van der Waals surface area contributed by atoms with Gasteiger partial charge in [0.1, 0.15) is 6.54 Å². The Bertz CT molecular complexity index is 937. The third-order valence-corrected chi connectivity index (χ3v) is 4.00. The van der Waals surface area contributed by atoms with Gasteiger partial charge in [0.15, 0.2) is 5.78 Å². The first-order chi connectivity index (χ1) is 12.5. The molecule has 0 radical (unpaired) electrons. The van der Waals surface area contributed by atoms with Crippen molar-refractivity contribution in [1.29, 1.82) is 0 Å². The van der Waals surface area contributed by atoms with Crippen LogP contribution in [0, 0.1) is 0 Å². The molecule has 1 N–H and O–H groups in total.